The lowest BCUT2D eigenvalue weighted by molar-refractivity contribution is 0.580. The van der Waals surface area contributed by atoms with Crippen molar-refractivity contribution < 1.29 is 0 Å². The Kier molecular flexibility index (Phi) is 4.24. The standard InChI is InChI=1S/C14H22N2S/c1-11(12(2)15)10-13-6-7-14(17-13)16-8-4-3-5-9-16/h6-7,10,12H,3-5,8-9,15H2,1-2H3/b11-10+. The molecule has 0 spiro atoms. The van der Waals surface area contributed by atoms with E-state index in [1.807, 2.05) is 18.3 Å². The maximum Gasteiger partial charge on any atom is 0.0914 e. The predicted molar refractivity (Wildman–Crippen MR) is 77.7 cm³/mol. The summed E-state index contributed by atoms with van der Waals surface area (Å²) in [4.78, 5) is 3.83. The summed E-state index contributed by atoms with van der Waals surface area (Å²) in [5.41, 5.74) is 7.11. The molecule has 2 heterocycles. The average molecular weight is 250 g/mol. The number of nitrogens with zero attached hydrogens (tertiary/aromatic N) is 1. The number of rotatable bonds is 3. The van der Waals surface area contributed by atoms with Gasteiger partial charge in [-0.2, -0.15) is 0 Å². The fraction of sp³-hybridized carbons (Fsp3) is 0.571. The van der Waals surface area contributed by atoms with Crippen molar-refractivity contribution in [2.75, 3.05) is 18.0 Å². The summed E-state index contributed by atoms with van der Waals surface area (Å²) < 4.78 is 0. The molecule has 2 nitrogen and oxygen atoms in total. The summed E-state index contributed by atoms with van der Waals surface area (Å²) in [7, 11) is 0. The molecular formula is C14H22N2S. The second-order valence-corrected chi connectivity index (χ2v) is 5.99. The molecule has 0 saturated carbocycles. The first-order valence-electron chi connectivity index (χ1n) is 6.45. The number of anilines is 1. The molecule has 1 aliphatic heterocycles. The van der Waals surface area contributed by atoms with Gasteiger partial charge in [-0.3, -0.25) is 0 Å². The van der Waals surface area contributed by atoms with E-state index >= 15 is 0 Å². The molecule has 1 aromatic heterocycles. The molecule has 94 valence electrons. The number of piperidine rings is 1. The van der Waals surface area contributed by atoms with Crippen LogP contribution in [0.2, 0.25) is 0 Å². The highest BCUT2D eigenvalue weighted by atomic mass is 32.1. The van der Waals surface area contributed by atoms with Crippen LogP contribution in [-0.4, -0.2) is 19.1 Å². The Bertz CT molecular complexity index is 387. The van der Waals surface area contributed by atoms with Gasteiger partial charge in [-0.15, -0.1) is 11.3 Å². The minimum atomic E-state index is 0.149. The second-order valence-electron chi connectivity index (χ2n) is 4.90. The van der Waals surface area contributed by atoms with Gasteiger partial charge in [0.05, 0.1) is 5.00 Å². The summed E-state index contributed by atoms with van der Waals surface area (Å²) in [5, 5.41) is 1.41. The van der Waals surface area contributed by atoms with E-state index < -0.39 is 0 Å². The Morgan fingerprint density at radius 3 is 2.71 bits per heavy atom. The van der Waals surface area contributed by atoms with Gasteiger partial charge in [0, 0.05) is 24.0 Å². The van der Waals surface area contributed by atoms with E-state index in [-0.39, 0.29) is 6.04 Å². The molecule has 1 atom stereocenters. The lowest BCUT2D eigenvalue weighted by Crippen LogP contribution is -2.28. The minimum Gasteiger partial charge on any atom is -0.363 e. The molecular weight excluding hydrogens is 228 g/mol. The lowest BCUT2D eigenvalue weighted by atomic mass is 10.1. The molecule has 1 fully saturated rings. The largest absolute Gasteiger partial charge is 0.363 e. The van der Waals surface area contributed by atoms with E-state index in [9.17, 15) is 0 Å². The average Bonchev–Trinajstić information content (AvgIpc) is 2.78. The molecule has 17 heavy (non-hydrogen) atoms. The molecule has 0 amide bonds. The van der Waals surface area contributed by atoms with Crippen LogP contribution in [0.1, 0.15) is 38.0 Å². The van der Waals surface area contributed by atoms with Crippen LogP contribution in [0.3, 0.4) is 0 Å². The normalized spacial score (nSPS) is 19.5. The zero-order chi connectivity index (χ0) is 12.3. The first kappa shape index (κ1) is 12.7. The van der Waals surface area contributed by atoms with Gasteiger partial charge in [-0.1, -0.05) is 5.57 Å². The van der Waals surface area contributed by atoms with Crippen molar-refractivity contribution in [2.45, 2.75) is 39.2 Å². The molecule has 0 aliphatic carbocycles. The molecule has 1 aliphatic rings. The lowest BCUT2D eigenvalue weighted by Gasteiger charge is -2.27. The maximum absolute atomic E-state index is 5.86. The number of thiophene rings is 1. The SMILES string of the molecule is C/C(=C\c1ccc(N2CCCCC2)s1)C(C)N. The third kappa shape index (κ3) is 3.33. The summed E-state index contributed by atoms with van der Waals surface area (Å²) in [6.07, 6.45) is 6.27. The fourth-order valence-corrected chi connectivity index (χ4v) is 3.13. The quantitative estimate of drug-likeness (QED) is 0.890. The van der Waals surface area contributed by atoms with E-state index in [1.54, 1.807) is 0 Å². The van der Waals surface area contributed by atoms with E-state index in [0.29, 0.717) is 0 Å². The molecule has 0 radical (unpaired) electrons. The summed E-state index contributed by atoms with van der Waals surface area (Å²) in [5.74, 6) is 0. The van der Waals surface area contributed by atoms with Gasteiger partial charge < -0.3 is 10.6 Å². The van der Waals surface area contributed by atoms with Crippen molar-refractivity contribution in [3.63, 3.8) is 0 Å². The Labute approximate surface area is 108 Å². The smallest absolute Gasteiger partial charge is 0.0914 e. The number of hydrogen-bond donors (Lipinski definition) is 1. The van der Waals surface area contributed by atoms with Gasteiger partial charge in [0.2, 0.25) is 0 Å². The van der Waals surface area contributed by atoms with E-state index in [1.165, 1.54) is 47.8 Å². The van der Waals surface area contributed by atoms with Crippen molar-refractivity contribution in [3.8, 4) is 0 Å². The van der Waals surface area contributed by atoms with Crippen LogP contribution in [0.25, 0.3) is 6.08 Å². The first-order valence-corrected chi connectivity index (χ1v) is 7.27. The third-order valence-corrected chi connectivity index (χ3v) is 4.46. The third-order valence-electron chi connectivity index (χ3n) is 3.37. The van der Waals surface area contributed by atoms with Gasteiger partial charge >= 0.3 is 0 Å². The second kappa shape index (κ2) is 5.69. The zero-order valence-corrected chi connectivity index (χ0v) is 11.6. The van der Waals surface area contributed by atoms with Crippen LogP contribution >= 0.6 is 11.3 Å². The Balaban J connectivity index is 2.07. The molecule has 2 N–H and O–H groups in total. The van der Waals surface area contributed by atoms with Crippen LogP contribution in [0.5, 0.6) is 0 Å². The van der Waals surface area contributed by atoms with Crippen molar-refractivity contribution >= 4 is 22.4 Å². The van der Waals surface area contributed by atoms with E-state index in [0.717, 1.165) is 0 Å². The van der Waals surface area contributed by atoms with Gasteiger partial charge in [0.1, 0.15) is 0 Å². The minimum absolute atomic E-state index is 0.149. The summed E-state index contributed by atoms with van der Waals surface area (Å²) in [6, 6.07) is 4.60. The van der Waals surface area contributed by atoms with Crippen molar-refractivity contribution in [2.24, 2.45) is 5.73 Å². The Morgan fingerprint density at radius 1 is 1.35 bits per heavy atom. The zero-order valence-electron chi connectivity index (χ0n) is 10.8. The highest BCUT2D eigenvalue weighted by Gasteiger charge is 2.12. The molecule has 3 heteroatoms. The predicted octanol–water partition coefficient (Wildman–Crippen LogP) is 3.49. The molecule has 1 saturated heterocycles. The van der Waals surface area contributed by atoms with Crippen LogP contribution in [-0.2, 0) is 0 Å². The topological polar surface area (TPSA) is 29.3 Å². The van der Waals surface area contributed by atoms with Crippen molar-refractivity contribution in [1.29, 1.82) is 0 Å². The number of hydrogen-bond acceptors (Lipinski definition) is 3. The molecule has 0 aromatic carbocycles. The Hall–Kier alpha value is -0.800. The van der Waals surface area contributed by atoms with E-state index in [4.69, 9.17) is 5.73 Å². The van der Waals surface area contributed by atoms with E-state index in [2.05, 4.69) is 30.0 Å². The van der Waals surface area contributed by atoms with Gasteiger partial charge in [0.25, 0.3) is 0 Å². The highest BCUT2D eigenvalue weighted by molar-refractivity contribution is 7.16. The van der Waals surface area contributed by atoms with Gasteiger partial charge in [0.15, 0.2) is 0 Å². The number of nitrogens with two attached hydrogens (primary N) is 1. The summed E-state index contributed by atoms with van der Waals surface area (Å²) >= 11 is 1.88. The summed E-state index contributed by atoms with van der Waals surface area (Å²) in [6.45, 7) is 6.57. The van der Waals surface area contributed by atoms with Gasteiger partial charge in [-0.05, 0) is 51.3 Å². The molecule has 1 aromatic rings. The van der Waals surface area contributed by atoms with Crippen LogP contribution < -0.4 is 10.6 Å². The fourth-order valence-electron chi connectivity index (χ4n) is 2.06. The first-order chi connectivity index (χ1) is 8.16. The Morgan fingerprint density at radius 2 is 2.06 bits per heavy atom. The molecule has 1 unspecified atom stereocenters. The van der Waals surface area contributed by atoms with Crippen molar-refractivity contribution in [1.82, 2.24) is 0 Å². The molecule has 2 rings (SSSR count). The molecule has 0 bridgehead atoms. The van der Waals surface area contributed by atoms with Gasteiger partial charge in [-0.25, -0.2) is 0 Å². The highest BCUT2D eigenvalue weighted by Crippen LogP contribution is 2.29. The van der Waals surface area contributed by atoms with Crippen LogP contribution in [0.15, 0.2) is 17.7 Å². The van der Waals surface area contributed by atoms with Crippen LogP contribution in [0.4, 0.5) is 5.00 Å². The van der Waals surface area contributed by atoms with Crippen molar-refractivity contribution in [3.05, 3.63) is 22.6 Å². The monoisotopic (exact) mass is 250 g/mol. The maximum atomic E-state index is 5.86. The van der Waals surface area contributed by atoms with Crippen LogP contribution in [0, 0.1) is 0 Å².